The highest BCUT2D eigenvalue weighted by molar-refractivity contribution is 5.54. The van der Waals surface area contributed by atoms with Crippen molar-refractivity contribution >= 4 is 11.8 Å². The second kappa shape index (κ2) is 8.85. The van der Waals surface area contributed by atoms with Gasteiger partial charge in [0.25, 0.3) is 0 Å². The molecule has 2 fully saturated rings. The van der Waals surface area contributed by atoms with E-state index in [4.69, 9.17) is 7.48 Å². The molecule has 0 unspecified atom stereocenters. The lowest BCUT2D eigenvalue weighted by Gasteiger charge is -2.34. The molecule has 1 aromatic rings. The van der Waals surface area contributed by atoms with E-state index in [9.17, 15) is 10.4 Å². The summed E-state index contributed by atoms with van der Waals surface area (Å²) >= 11 is 0. The molecule has 0 saturated heterocycles. The number of aliphatic hydroxyl groups is 1. The first-order chi connectivity index (χ1) is 13.6. The molecular weight excluding hydrogens is 342 g/mol. The SMILES string of the molecule is [2H]C([2H])(C)O[C@H]1CC[C@H](Nc2ncc(C#N)c(N[C@@H]3CCC[C@](C)(O)C3)n2)CC1. The molecule has 148 valence electrons. The lowest BCUT2D eigenvalue weighted by Crippen LogP contribution is -2.38. The number of hydrogen-bond acceptors (Lipinski definition) is 7. The van der Waals surface area contributed by atoms with Gasteiger partial charge in [-0.3, -0.25) is 0 Å². The van der Waals surface area contributed by atoms with Gasteiger partial charge in [0, 0.05) is 18.6 Å². The van der Waals surface area contributed by atoms with Crippen molar-refractivity contribution in [3.8, 4) is 6.07 Å². The van der Waals surface area contributed by atoms with Crippen LogP contribution in [0.2, 0.25) is 0 Å². The molecule has 3 N–H and O–H groups in total. The zero-order valence-electron chi connectivity index (χ0n) is 18.2. The molecule has 0 aliphatic heterocycles. The Morgan fingerprint density at radius 1 is 1.33 bits per heavy atom. The maximum atomic E-state index is 10.3. The minimum Gasteiger partial charge on any atom is -0.390 e. The van der Waals surface area contributed by atoms with Crippen molar-refractivity contribution in [2.24, 2.45) is 0 Å². The van der Waals surface area contributed by atoms with Gasteiger partial charge in [0.2, 0.25) is 5.95 Å². The Labute approximate surface area is 164 Å². The summed E-state index contributed by atoms with van der Waals surface area (Å²) in [6.07, 6.45) is 8.00. The van der Waals surface area contributed by atoms with Crippen molar-refractivity contribution in [1.29, 1.82) is 5.26 Å². The molecule has 3 rings (SSSR count). The number of ether oxygens (including phenoxy) is 1. The Kier molecular flexibility index (Phi) is 5.64. The minimum absolute atomic E-state index is 0.0637. The molecule has 0 bridgehead atoms. The van der Waals surface area contributed by atoms with Gasteiger partial charge < -0.3 is 20.5 Å². The van der Waals surface area contributed by atoms with E-state index in [1.807, 2.05) is 6.92 Å². The van der Waals surface area contributed by atoms with Crippen molar-refractivity contribution in [2.75, 3.05) is 17.2 Å². The van der Waals surface area contributed by atoms with Crippen LogP contribution in [0.4, 0.5) is 11.8 Å². The second-order valence-corrected chi connectivity index (χ2v) is 7.94. The van der Waals surface area contributed by atoms with Gasteiger partial charge in [-0.1, -0.05) is 0 Å². The lowest BCUT2D eigenvalue weighted by molar-refractivity contribution is 0.0182. The molecule has 0 radical (unpaired) electrons. The third-order valence-electron chi connectivity index (χ3n) is 5.50. The summed E-state index contributed by atoms with van der Waals surface area (Å²) in [5.74, 6) is 0.980. The normalized spacial score (nSPS) is 32.7. The Hall–Kier alpha value is -1.91. The molecule has 0 amide bonds. The van der Waals surface area contributed by atoms with Crippen molar-refractivity contribution in [2.45, 2.75) is 89.0 Å². The monoisotopic (exact) mass is 375 g/mol. The number of anilines is 2. The van der Waals surface area contributed by atoms with Gasteiger partial charge in [-0.15, -0.1) is 0 Å². The molecule has 2 aliphatic carbocycles. The fourth-order valence-corrected chi connectivity index (χ4v) is 4.10. The number of rotatable bonds is 6. The van der Waals surface area contributed by atoms with Crippen LogP contribution in [0.25, 0.3) is 0 Å². The summed E-state index contributed by atoms with van der Waals surface area (Å²) in [4.78, 5) is 8.81. The summed E-state index contributed by atoms with van der Waals surface area (Å²) in [7, 11) is 0. The van der Waals surface area contributed by atoms with Crippen LogP contribution < -0.4 is 10.6 Å². The minimum atomic E-state index is -1.61. The van der Waals surface area contributed by atoms with Gasteiger partial charge in [-0.25, -0.2) is 4.98 Å². The summed E-state index contributed by atoms with van der Waals surface area (Å²) in [6, 6.07) is 2.40. The van der Waals surface area contributed by atoms with Crippen LogP contribution in [-0.2, 0) is 4.74 Å². The predicted octanol–water partition coefficient (Wildman–Crippen LogP) is 3.21. The maximum absolute atomic E-state index is 10.3. The van der Waals surface area contributed by atoms with Crippen LogP contribution in [-0.4, -0.2) is 45.4 Å². The van der Waals surface area contributed by atoms with E-state index in [0.717, 1.165) is 44.9 Å². The van der Waals surface area contributed by atoms with Gasteiger partial charge in [0.05, 0.1) is 20.6 Å². The average molecular weight is 376 g/mol. The van der Waals surface area contributed by atoms with Crippen LogP contribution in [0.3, 0.4) is 0 Å². The van der Waals surface area contributed by atoms with Crippen molar-refractivity contribution in [3.05, 3.63) is 11.8 Å². The van der Waals surface area contributed by atoms with Crippen LogP contribution in [0, 0.1) is 11.3 Å². The second-order valence-electron chi connectivity index (χ2n) is 7.94. The highest BCUT2D eigenvalue weighted by Gasteiger charge is 2.30. The molecule has 1 aromatic heterocycles. The van der Waals surface area contributed by atoms with Crippen LogP contribution in [0.1, 0.15) is 73.5 Å². The zero-order valence-corrected chi connectivity index (χ0v) is 16.2. The Morgan fingerprint density at radius 3 is 2.78 bits per heavy atom. The van der Waals surface area contributed by atoms with E-state index >= 15 is 0 Å². The lowest BCUT2D eigenvalue weighted by atomic mass is 9.83. The molecule has 2 aliphatic rings. The fraction of sp³-hybridized carbons (Fsp3) is 0.750. The summed E-state index contributed by atoms with van der Waals surface area (Å²) in [5.41, 5.74) is -0.297. The van der Waals surface area contributed by atoms with E-state index in [-0.39, 0.29) is 18.2 Å². The first-order valence-corrected chi connectivity index (χ1v) is 9.84. The van der Waals surface area contributed by atoms with E-state index < -0.39 is 12.2 Å². The molecule has 2 atom stereocenters. The molecule has 2 saturated carbocycles. The van der Waals surface area contributed by atoms with Crippen molar-refractivity contribution in [1.82, 2.24) is 9.97 Å². The standard InChI is InChI=1S/C20H31N5O2/c1-3-27-17-8-6-15(7-9-17)24-19-22-13-14(12-21)18(25-19)23-16-5-4-10-20(2,26)11-16/h13,15-17,26H,3-11H2,1-2H3,(H2,22,23,24,25)/t15-,16-,17-,20+/m1/s1/i3D2. The number of nitriles is 1. The van der Waals surface area contributed by atoms with E-state index in [2.05, 4.69) is 26.7 Å². The smallest absolute Gasteiger partial charge is 0.224 e. The molecule has 0 aromatic carbocycles. The third-order valence-corrected chi connectivity index (χ3v) is 5.50. The van der Waals surface area contributed by atoms with Gasteiger partial charge in [0.1, 0.15) is 17.5 Å². The number of nitrogens with one attached hydrogen (secondary N) is 2. The molecule has 7 heteroatoms. The van der Waals surface area contributed by atoms with Crippen molar-refractivity contribution in [3.63, 3.8) is 0 Å². The van der Waals surface area contributed by atoms with E-state index in [1.165, 1.54) is 13.1 Å². The zero-order chi connectivity index (χ0) is 21.1. The Morgan fingerprint density at radius 2 is 2.11 bits per heavy atom. The first-order valence-electron chi connectivity index (χ1n) is 10.8. The van der Waals surface area contributed by atoms with Crippen LogP contribution >= 0.6 is 0 Å². The van der Waals surface area contributed by atoms with Crippen LogP contribution in [0.5, 0.6) is 0 Å². The molecule has 27 heavy (non-hydrogen) atoms. The quantitative estimate of drug-likeness (QED) is 0.701. The van der Waals surface area contributed by atoms with Gasteiger partial charge in [-0.2, -0.15) is 10.2 Å². The van der Waals surface area contributed by atoms with Gasteiger partial charge >= 0.3 is 0 Å². The van der Waals surface area contributed by atoms with E-state index in [1.54, 1.807) is 0 Å². The molecule has 1 heterocycles. The fourth-order valence-electron chi connectivity index (χ4n) is 4.10. The Balaban J connectivity index is 1.60. The highest BCUT2D eigenvalue weighted by Crippen LogP contribution is 2.30. The highest BCUT2D eigenvalue weighted by atomic mass is 16.5. The molecular formula is C20H31N5O2. The summed E-state index contributed by atoms with van der Waals surface area (Å²) in [6.45, 7) is 1.68. The molecule has 7 nitrogen and oxygen atoms in total. The summed E-state index contributed by atoms with van der Waals surface area (Å²) < 4.78 is 20.5. The average Bonchev–Trinajstić information content (AvgIpc) is 2.62. The van der Waals surface area contributed by atoms with Gasteiger partial charge in [-0.05, 0) is 65.2 Å². The van der Waals surface area contributed by atoms with E-state index in [0.29, 0.717) is 23.8 Å². The van der Waals surface area contributed by atoms with Crippen molar-refractivity contribution < 1.29 is 12.6 Å². The maximum Gasteiger partial charge on any atom is 0.224 e. The number of hydrogen-bond donors (Lipinski definition) is 3. The predicted molar refractivity (Wildman–Crippen MR) is 105 cm³/mol. The third kappa shape index (κ3) is 5.53. The number of nitrogens with zero attached hydrogens (tertiary/aromatic N) is 3. The topological polar surface area (TPSA) is 103 Å². The van der Waals surface area contributed by atoms with Gasteiger partial charge in [0.15, 0.2) is 0 Å². The van der Waals surface area contributed by atoms with Crippen LogP contribution in [0.15, 0.2) is 6.20 Å². The number of aromatic nitrogens is 2. The largest absolute Gasteiger partial charge is 0.390 e. The summed E-state index contributed by atoms with van der Waals surface area (Å²) in [5, 5.41) is 26.4. The Bertz CT molecular complexity index is 739. The molecule has 0 spiro atoms. The first kappa shape index (κ1) is 17.2.